The van der Waals surface area contributed by atoms with Gasteiger partial charge < -0.3 is 9.94 Å². The molecule has 1 aliphatic carbocycles. The predicted molar refractivity (Wildman–Crippen MR) is 70.3 cm³/mol. The summed E-state index contributed by atoms with van der Waals surface area (Å²) in [6.45, 7) is 0. The van der Waals surface area contributed by atoms with E-state index in [1.54, 1.807) is 0 Å². The first-order valence-corrected chi connectivity index (χ1v) is 6.82. The second-order valence-electron chi connectivity index (χ2n) is 5.34. The van der Waals surface area contributed by atoms with E-state index in [2.05, 4.69) is 5.16 Å². The van der Waals surface area contributed by atoms with Gasteiger partial charge in [0.15, 0.2) is 5.78 Å². The molecule has 0 aromatic heterocycles. The predicted octanol–water partition coefficient (Wildman–Crippen LogP) is 3.45. The molecule has 0 fully saturated rings. The van der Waals surface area contributed by atoms with E-state index >= 15 is 0 Å². The minimum Gasteiger partial charge on any atom is -0.442 e. The number of rotatable bonds is 1. The van der Waals surface area contributed by atoms with Gasteiger partial charge >= 0.3 is 6.18 Å². The Hall–Kier alpha value is -2.38. The van der Waals surface area contributed by atoms with Crippen LogP contribution < -0.4 is 0 Å². The third-order valence-electron chi connectivity index (χ3n) is 4.07. The van der Waals surface area contributed by atoms with Crippen LogP contribution in [0.1, 0.15) is 24.8 Å². The van der Waals surface area contributed by atoms with Gasteiger partial charge in [-0.3, -0.25) is 4.79 Å². The van der Waals surface area contributed by atoms with E-state index in [1.807, 2.05) is 0 Å². The minimum atomic E-state index is -5.00. The van der Waals surface area contributed by atoms with Crippen molar-refractivity contribution in [3.63, 3.8) is 0 Å². The highest BCUT2D eigenvalue weighted by Gasteiger charge is 2.69. The van der Waals surface area contributed by atoms with Crippen molar-refractivity contribution in [3.8, 4) is 0 Å². The lowest BCUT2D eigenvalue weighted by atomic mass is 9.70. The number of hydrogen-bond acceptors (Lipinski definition) is 4. The molecule has 122 valence electrons. The van der Waals surface area contributed by atoms with Crippen LogP contribution in [0.3, 0.4) is 0 Å². The highest BCUT2D eigenvalue weighted by atomic mass is 19.4. The number of carbonyl (C=O) groups is 1. The molecule has 8 heteroatoms. The van der Waals surface area contributed by atoms with Crippen molar-refractivity contribution in [1.82, 2.24) is 0 Å². The van der Waals surface area contributed by atoms with Crippen molar-refractivity contribution < 1.29 is 32.3 Å². The first kappa shape index (κ1) is 15.5. The van der Waals surface area contributed by atoms with Gasteiger partial charge in [-0.2, -0.15) is 13.2 Å². The van der Waals surface area contributed by atoms with Crippen molar-refractivity contribution in [3.05, 3.63) is 47.0 Å². The maximum Gasteiger partial charge on any atom is 0.411 e. The maximum absolute atomic E-state index is 14.0. The van der Waals surface area contributed by atoms with Crippen LogP contribution in [0.2, 0.25) is 0 Å². The van der Waals surface area contributed by atoms with Crippen LogP contribution in [0.25, 0.3) is 0 Å². The van der Waals surface area contributed by atoms with Crippen molar-refractivity contribution >= 4 is 11.7 Å². The maximum atomic E-state index is 14.0. The quantitative estimate of drug-likeness (QED) is 0.488. The Morgan fingerprint density at radius 1 is 1.17 bits per heavy atom. The smallest absolute Gasteiger partial charge is 0.411 e. The SMILES string of the molecule is O=C1CCCC2=C1[C@@](c1ccc(F)cc1)(C(F)(F)F)/C(=N/O)O2. The molecule has 0 saturated heterocycles. The number of ketones is 1. The van der Waals surface area contributed by atoms with E-state index in [0.29, 0.717) is 6.42 Å². The Balaban J connectivity index is 2.35. The normalized spacial score (nSPS) is 26.4. The summed E-state index contributed by atoms with van der Waals surface area (Å²) in [5, 5.41) is 11.7. The van der Waals surface area contributed by atoms with Crippen molar-refractivity contribution in [2.24, 2.45) is 5.16 Å². The molecule has 1 atom stereocenters. The molecule has 1 aromatic rings. The Labute approximate surface area is 128 Å². The Bertz CT molecular complexity index is 721. The van der Waals surface area contributed by atoms with E-state index in [0.717, 1.165) is 24.3 Å². The average Bonchev–Trinajstić information content (AvgIpc) is 2.84. The lowest BCUT2D eigenvalue weighted by Gasteiger charge is -2.32. The van der Waals surface area contributed by atoms with Gasteiger partial charge in [-0.1, -0.05) is 17.3 Å². The van der Waals surface area contributed by atoms with Crippen LogP contribution in [0.15, 0.2) is 40.8 Å². The topological polar surface area (TPSA) is 58.9 Å². The summed E-state index contributed by atoms with van der Waals surface area (Å²) < 4.78 is 60.3. The van der Waals surface area contributed by atoms with Crippen LogP contribution in [0, 0.1) is 5.82 Å². The summed E-state index contributed by atoms with van der Waals surface area (Å²) >= 11 is 0. The molecule has 0 radical (unpaired) electrons. The molecule has 1 aliphatic heterocycles. The largest absolute Gasteiger partial charge is 0.442 e. The van der Waals surface area contributed by atoms with E-state index < -0.39 is 40.2 Å². The van der Waals surface area contributed by atoms with Gasteiger partial charge in [0.2, 0.25) is 5.41 Å². The van der Waals surface area contributed by atoms with Crippen LogP contribution in [-0.4, -0.2) is 23.1 Å². The number of nitrogens with zero attached hydrogens (tertiary/aromatic N) is 1. The van der Waals surface area contributed by atoms with Gasteiger partial charge in [-0.05, 0) is 24.1 Å². The van der Waals surface area contributed by atoms with E-state index in [4.69, 9.17) is 9.94 Å². The van der Waals surface area contributed by atoms with Crippen LogP contribution in [0.5, 0.6) is 0 Å². The molecule has 1 N–H and O–H groups in total. The van der Waals surface area contributed by atoms with Gasteiger partial charge in [-0.25, -0.2) is 4.39 Å². The molecule has 3 rings (SSSR count). The van der Waals surface area contributed by atoms with Gasteiger partial charge in [0, 0.05) is 12.8 Å². The van der Waals surface area contributed by atoms with Gasteiger partial charge in [-0.15, -0.1) is 0 Å². The lowest BCUT2D eigenvalue weighted by molar-refractivity contribution is -0.163. The third kappa shape index (κ3) is 2.04. The van der Waals surface area contributed by atoms with Crippen LogP contribution in [0.4, 0.5) is 17.6 Å². The number of benzene rings is 1. The first-order chi connectivity index (χ1) is 10.8. The molecule has 0 bridgehead atoms. The number of oxime groups is 1. The summed E-state index contributed by atoms with van der Waals surface area (Å²) in [6.07, 6.45) is -4.57. The number of Topliss-reactive ketones (excluding diaryl/α,β-unsaturated/α-hetero) is 1. The molecule has 0 unspecified atom stereocenters. The minimum absolute atomic E-state index is 0.0556. The fourth-order valence-corrected chi connectivity index (χ4v) is 3.13. The molecule has 23 heavy (non-hydrogen) atoms. The van der Waals surface area contributed by atoms with Crippen LogP contribution >= 0.6 is 0 Å². The van der Waals surface area contributed by atoms with Crippen molar-refractivity contribution in [2.45, 2.75) is 30.9 Å². The number of carbonyl (C=O) groups excluding carboxylic acids is 1. The monoisotopic (exact) mass is 329 g/mol. The summed E-state index contributed by atoms with van der Waals surface area (Å²) in [5.74, 6) is -2.62. The number of allylic oxidation sites excluding steroid dienone is 1. The standard InChI is InChI=1S/C15H11F4NO3/c16-9-6-4-8(5-7-9)14(15(17,18)19)12-10(21)2-1-3-11(12)23-13(14)20-22/h4-7,22H,1-3H2/b20-13-/t14-/m1/s1. The lowest BCUT2D eigenvalue weighted by Crippen LogP contribution is -2.50. The van der Waals surface area contributed by atoms with E-state index in [9.17, 15) is 22.4 Å². The highest BCUT2D eigenvalue weighted by Crippen LogP contribution is 2.55. The molecular weight excluding hydrogens is 318 g/mol. The van der Waals surface area contributed by atoms with Gasteiger partial charge in [0.25, 0.3) is 5.90 Å². The molecule has 4 nitrogen and oxygen atoms in total. The Kier molecular flexibility index (Phi) is 3.42. The first-order valence-electron chi connectivity index (χ1n) is 6.82. The van der Waals surface area contributed by atoms with Crippen molar-refractivity contribution in [1.29, 1.82) is 0 Å². The molecular formula is C15H11F4NO3. The number of hydrogen-bond donors (Lipinski definition) is 1. The van der Waals surface area contributed by atoms with Crippen molar-refractivity contribution in [2.75, 3.05) is 0 Å². The zero-order valence-corrected chi connectivity index (χ0v) is 11.7. The number of ether oxygens (including phenoxy) is 1. The summed E-state index contributed by atoms with van der Waals surface area (Å²) in [7, 11) is 0. The highest BCUT2D eigenvalue weighted by molar-refractivity contribution is 6.11. The Morgan fingerprint density at radius 2 is 1.83 bits per heavy atom. The molecule has 0 saturated carbocycles. The fourth-order valence-electron chi connectivity index (χ4n) is 3.13. The second kappa shape index (κ2) is 5.07. The fraction of sp³-hybridized carbons (Fsp3) is 0.333. The van der Waals surface area contributed by atoms with E-state index in [1.165, 1.54) is 0 Å². The summed E-state index contributed by atoms with van der Waals surface area (Å²) in [5.41, 5.74) is -4.02. The zero-order chi connectivity index (χ0) is 16.8. The molecule has 0 amide bonds. The van der Waals surface area contributed by atoms with Gasteiger partial charge in [0.1, 0.15) is 11.6 Å². The molecule has 2 aliphatic rings. The molecule has 0 spiro atoms. The second-order valence-corrected chi connectivity index (χ2v) is 5.34. The number of halogens is 4. The van der Waals surface area contributed by atoms with Crippen LogP contribution in [-0.2, 0) is 14.9 Å². The third-order valence-corrected chi connectivity index (χ3v) is 4.07. The summed E-state index contributed by atoms with van der Waals surface area (Å²) in [4.78, 5) is 12.2. The zero-order valence-electron chi connectivity index (χ0n) is 11.7. The summed E-state index contributed by atoms with van der Waals surface area (Å²) in [6, 6.07) is 3.53. The Morgan fingerprint density at radius 3 is 2.39 bits per heavy atom. The van der Waals surface area contributed by atoms with Gasteiger partial charge in [0.05, 0.1) is 5.57 Å². The average molecular weight is 329 g/mol. The molecule has 1 aromatic carbocycles. The number of alkyl halides is 3. The molecule has 1 heterocycles. The van der Waals surface area contributed by atoms with E-state index in [-0.39, 0.29) is 18.6 Å².